The van der Waals surface area contributed by atoms with Crippen LogP contribution < -0.4 is 15.8 Å². The van der Waals surface area contributed by atoms with E-state index in [1.165, 1.54) is 7.11 Å². The number of carbonyl (C=O) groups excluding carboxylic acids is 1. The number of benzene rings is 1. The van der Waals surface area contributed by atoms with Crippen molar-refractivity contribution in [2.75, 3.05) is 20.3 Å². The molecule has 0 aliphatic heterocycles. The van der Waals surface area contributed by atoms with Crippen molar-refractivity contribution in [3.8, 4) is 5.75 Å². The zero-order valence-corrected chi connectivity index (χ0v) is 12.0. The molecule has 0 heterocycles. The highest BCUT2D eigenvalue weighted by molar-refractivity contribution is 5.85. The van der Waals surface area contributed by atoms with Crippen molar-refractivity contribution in [2.24, 2.45) is 5.73 Å². The summed E-state index contributed by atoms with van der Waals surface area (Å²) >= 11 is 0. The molecule has 3 N–H and O–H groups in total. The molecule has 108 valence electrons. The maximum absolute atomic E-state index is 11.6. The second kappa shape index (κ2) is 9.61. The van der Waals surface area contributed by atoms with E-state index in [0.29, 0.717) is 13.2 Å². The van der Waals surface area contributed by atoms with Crippen molar-refractivity contribution >= 4 is 18.3 Å². The summed E-state index contributed by atoms with van der Waals surface area (Å²) in [5, 5.41) is 2.76. The summed E-state index contributed by atoms with van der Waals surface area (Å²) in [5.74, 6) is 0.545. The number of ether oxygens (including phenoxy) is 2. The average molecular weight is 289 g/mol. The first-order chi connectivity index (χ1) is 8.69. The summed E-state index contributed by atoms with van der Waals surface area (Å²) in [4.78, 5) is 11.6. The van der Waals surface area contributed by atoms with Crippen LogP contribution in [-0.2, 0) is 16.1 Å². The average Bonchev–Trinajstić information content (AvgIpc) is 2.38. The van der Waals surface area contributed by atoms with E-state index in [9.17, 15) is 4.79 Å². The quantitative estimate of drug-likeness (QED) is 0.788. The third-order valence-electron chi connectivity index (χ3n) is 2.41. The highest BCUT2D eigenvalue weighted by atomic mass is 35.5. The summed E-state index contributed by atoms with van der Waals surface area (Å²) in [6.45, 7) is 3.11. The van der Waals surface area contributed by atoms with Crippen LogP contribution in [0, 0.1) is 0 Å². The van der Waals surface area contributed by atoms with Crippen molar-refractivity contribution in [2.45, 2.75) is 19.5 Å². The molecule has 19 heavy (non-hydrogen) atoms. The van der Waals surface area contributed by atoms with Gasteiger partial charge in [0.1, 0.15) is 11.8 Å². The lowest BCUT2D eigenvalue weighted by Gasteiger charge is -2.13. The zero-order valence-electron chi connectivity index (χ0n) is 11.2. The van der Waals surface area contributed by atoms with Gasteiger partial charge in [-0.05, 0) is 13.0 Å². The monoisotopic (exact) mass is 288 g/mol. The number of halogens is 1. The molecule has 0 radical (unpaired) electrons. The molecule has 0 spiro atoms. The van der Waals surface area contributed by atoms with E-state index in [0.717, 1.165) is 11.3 Å². The van der Waals surface area contributed by atoms with Crippen LogP contribution in [0.3, 0.4) is 0 Å². The van der Waals surface area contributed by atoms with E-state index in [-0.39, 0.29) is 24.9 Å². The lowest BCUT2D eigenvalue weighted by atomic mass is 10.2. The third kappa shape index (κ3) is 5.92. The number of hydrogen-bond acceptors (Lipinski definition) is 4. The number of methoxy groups -OCH3 is 1. The van der Waals surface area contributed by atoms with E-state index >= 15 is 0 Å². The van der Waals surface area contributed by atoms with Gasteiger partial charge in [0.2, 0.25) is 5.91 Å². The molecule has 0 saturated heterocycles. The highest BCUT2D eigenvalue weighted by Gasteiger charge is 2.13. The zero-order chi connectivity index (χ0) is 13.4. The Kier molecular flexibility index (Phi) is 8.95. The second-order valence-electron chi connectivity index (χ2n) is 3.82. The summed E-state index contributed by atoms with van der Waals surface area (Å²) in [6, 6.07) is 6.94. The van der Waals surface area contributed by atoms with E-state index in [1.807, 2.05) is 31.2 Å². The normalized spacial score (nSPS) is 11.3. The molecule has 0 aliphatic rings. The maximum atomic E-state index is 11.6. The molecular formula is C13H21ClN2O3. The Morgan fingerprint density at radius 3 is 2.74 bits per heavy atom. The molecule has 0 fully saturated rings. The smallest absolute Gasteiger partial charge is 0.239 e. The van der Waals surface area contributed by atoms with Gasteiger partial charge >= 0.3 is 0 Å². The molecule has 1 rings (SSSR count). The van der Waals surface area contributed by atoms with Crippen LogP contribution in [0.5, 0.6) is 5.75 Å². The van der Waals surface area contributed by atoms with E-state index in [1.54, 1.807) is 0 Å². The van der Waals surface area contributed by atoms with Crippen LogP contribution >= 0.6 is 12.4 Å². The number of para-hydroxylation sites is 1. The summed E-state index contributed by atoms with van der Waals surface area (Å²) in [5.41, 5.74) is 6.55. The maximum Gasteiger partial charge on any atom is 0.239 e. The minimum Gasteiger partial charge on any atom is -0.494 e. The van der Waals surface area contributed by atoms with Gasteiger partial charge in [0.15, 0.2) is 0 Å². The fourth-order valence-corrected chi connectivity index (χ4v) is 1.51. The Hall–Kier alpha value is -1.30. The first kappa shape index (κ1) is 17.7. The Balaban J connectivity index is 0.00000324. The molecule has 6 heteroatoms. The number of rotatable bonds is 7. The molecule has 1 atom stereocenters. The third-order valence-corrected chi connectivity index (χ3v) is 2.41. The van der Waals surface area contributed by atoms with E-state index in [2.05, 4.69) is 5.32 Å². The van der Waals surface area contributed by atoms with Crippen molar-refractivity contribution in [1.29, 1.82) is 0 Å². The molecular weight excluding hydrogens is 268 g/mol. The predicted molar refractivity (Wildman–Crippen MR) is 76.6 cm³/mol. The van der Waals surface area contributed by atoms with Crippen molar-refractivity contribution in [3.63, 3.8) is 0 Å². The molecule has 1 aromatic rings. The lowest BCUT2D eigenvalue weighted by molar-refractivity contribution is -0.123. The van der Waals surface area contributed by atoms with Gasteiger partial charge in [0, 0.05) is 19.2 Å². The first-order valence-corrected chi connectivity index (χ1v) is 5.92. The molecule has 0 bridgehead atoms. The van der Waals surface area contributed by atoms with Gasteiger partial charge in [-0.2, -0.15) is 0 Å². The van der Waals surface area contributed by atoms with Crippen LogP contribution in [0.15, 0.2) is 24.3 Å². The van der Waals surface area contributed by atoms with Gasteiger partial charge in [-0.1, -0.05) is 18.2 Å². The largest absolute Gasteiger partial charge is 0.494 e. The summed E-state index contributed by atoms with van der Waals surface area (Å²) < 4.78 is 10.3. The van der Waals surface area contributed by atoms with E-state index in [4.69, 9.17) is 15.2 Å². The van der Waals surface area contributed by atoms with Crippen molar-refractivity contribution < 1.29 is 14.3 Å². The van der Waals surface area contributed by atoms with Gasteiger partial charge in [-0.3, -0.25) is 4.79 Å². The number of hydrogen-bond donors (Lipinski definition) is 2. The number of nitrogens with one attached hydrogen (secondary N) is 1. The highest BCUT2D eigenvalue weighted by Crippen LogP contribution is 2.17. The van der Waals surface area contributed by atoms with Gasteiger partial charge < -0.3 is 20.5 Å². The van der Waals surface area contributed by atoms with Crippen molar-refractivity contribution in [1.82, 2.24) is 5.32 Å². The minimum atomic E-state index is -0.644. The van der Waals surface area contributed by atoms with Gasteiger partial charge in [0.25, 0.3) is 0 Å². The van der Waals surface area contributed by atoms with Crippen LogP contribution in [-0.4, -0.2) is 32.3 Å². The van der Waals surface area contributed by atoms with Crippen molar-refractivity contribution in [3.05, 3.63) is 29.8 Å². The Labute approximate surface area is 119 Å². The molecule has 1 aromatic carbocycles. The van der Waals surface area contributed by atoms with Gasteiger partial charge in [-0.25, -0.2) is 0 Å². The number of carbonyl (C=O) groups is 1. The SMILES string of the molecule is CCOc1ccccc1CNC(=O)C(N)COC.Cl. The van der Waals surface area contributed by atoms with Crippen LogP contribution in [0.4, 0.5) is 0 Å². The number of amides is 1. The topological polar surface area (TPSA) is 73.6 Å². The summed E-state index contributed by atoms with van der Waals surface area (Å²) in [6.07, 6.45) is 0. The first-order valence-electron chi connectivity index (χ1n) is 5.92. The lowest BCUT2D eigenvalue weighted by Crippen LogP contribution is -2.43. The van der Waals surface area contributed by atoms with Crippen LogP contribution in [0.1, 0.15) is 12.5 Å². The van der Waals surface area contributed by atoms with E-state index < -0.39 is 6.04 Å². The Morgan fingerprint density at radius 1 is 1.42 bits per heavy atom. The fourth-order valence-electron chi connectivity index (χ4n) is 1.51. The molecule has 0 aromatic heterocycles. The van der Waals surface area contributed by atoms with Gasteiger partial charge in [-0.15, -0.1) is 12.4 Å². The summed E-state index contributed by atoms with van der Waals surface area (Å²) in [7, 11) is 1.51. The van der Waals surface area contributed by atoms with Gasteiger partial charge in [0.05, 0.1) is 13.2 Å². The Bertz CT molecular complexity index is 388. The molecule has 0 saturated carbocycles. The minimum absolute atomic E-state index is 0. The fraction of sp³-hybridized carbons (Fsp3) is 0.462. The molecule has 0 aliphatic carbocycles. The predicted octanol–water partition coefficient (Wildman–Crippen LogP) is 1.10. The molecule has 1 amide bonds. The molecule has 1 unspecified atom stereocenters. The van der Waals surface area contributed by atoms with Crippen LogP contribution in [0.25, 0.3) is 0 Å². The van der Waals surface area contributed by atoms with Crippen LogP contribution in [0.2, 0.25) is 0 Å². The number of nitrogens with two attached hydrogens (primary N) is 1. The second-order valence-corrected chi connectivity index (χ2v) is 3.82. The standard InChI is InChI=1S/C13H20N2O3.ClH/c1-3-18-12-7-5-4-6-10(12)8-15-13(16)11(14)9-17-2;/h4-7,11H,3,8-9,14H2,1-2H3,(H,15,16);1H. The Morgan fingerprint density at radius 2 is 2.11 bits per heavy atom. The molecule has 5 nitrogen and oxygen atoms in total.